The number of H-pyrrole nitrogens is 1. The van der Waals surface area contributed by atoms with Crippen LogP contribution in [0, 0.1) is 5.82 Å². The molecule has 0 spiro atoms. The molecule has 2 N–H and O–H groups in total. The van der Waals surface area contributed by atoms with Gasteiger partial charge in [-0.15, -0.1) is 13.2 Å². The molecular formula is C21H14ClF4N3O4. The highest BCUT2D eigenvalue weighted by atomic mass is 35.5. The third-order valence-electron chi connectivity index (χ3n) is 4.99. The minimum atomic E-state index is -5.08. The molecule has 172 valence electrons. The molecule has 1 atom stereocenters. The van der Waals surface area contributed by atoms with Crippen LogP contribution in [0.1, 0.15) is 28.0 Å². The molecular weight excluding hydrogens is 470 g/mol. The summed E-state index contributed by atoms with van der Waals surface area (Å²) >= 11 is 6.05. The van der Waals surface area contributed by atoms with Crippen molar-refractivity contribution >= 4 is 17.5 Å². The van der Waals surface area contributed by atoms with Crippen LogP contribution < -0.4 is 20.3 Å². The molecule has 1 aromatic carbocycles. The number of ether oxygens (including phenoxy) is 2. The van der Waals surface area contributed by atoms with Gasteiger partial charge in [0.25, 0.3) is 5.91 Å². The molecule has 1 aliphatic rings. The second kappa shape index (κ2) is 8.39. The van der Waals surface area contributed by atoms with E-state index in [0.29, 0.717) is 0 Å². The summed E-state index contributed by atoms with van der Waals surface area (Å²) in [6.07, 6.45) is -3.84. The summed E-state index contributed by atoms with van der Waals surface area (Å²) in [4.78, 5) is 31.0. The normalized spacial score (nSPS) is 17.6. The van der Waals surface area contributed by atoms with Crippen LogP contribution in [0.2, 0.25) is 5.15 Å². The maximum Gasteiger partial charge on any atom is 0.573 e. The molecule has 0 radical (unpaired) electrons. The Morgan fingerprint density at radius 3 is 2.67 bits per heavy atom. The number of nitrogens with one attached hydrogen (secondary N) is 2. The number of halogens is 5. The fourth-order valence-electron chi connectivity index (χ4n) is 3.54. The van der Waals surface area contributed by atoms with E-state index in [4.69, 9.17) is 16.3 Å². The Balaban J connectivity index is 1.84. The lowest BCUT2D eigenvalue weighted by Crippen LogP contribution is -2.50. The quantitative estimate of drug-likeness (QED) is 0.433. The zero-order valence-corrected chi connectivity index (χ0v) is 17.3. The van der Waals surface area contributed by atoms with Crippen LogP contribution in [-0.4, -0.2) is 28.8 Å². The molecule has 1 aliphatic heterocycles. The number of fused-ring (bicyclic) bond motifs is 1. The van der Waals surface area contributed by atoms with Gasteiger partial charge in [0.05, 0.1) is 12.2 Å². The zero-order valence-electron chi connectivity index (χ0n) is 16.5. The molecule has 33 heavy (non-hydrogen) atoms. The van der Waals surface area contributed by atoms with Crippen LogP contribution >= 0.6 is 11.6 Å². The smallest absolute Gasteiger partial charge is 0.491 e. The van der Waals surface area contributed by atoms with Crippen LogP contribution in [0.25, 0.3) is 0 Å². The highest BCUT2D eigenvalue weighted by Gasteiger charge is 2.44. The lowest BCUT2D eigenvalue weighted by Gasteiger charge is -2.39. The van der Waals surface area contributed by atoms with Crippen molar-refractivity contribution in [3.05, 3.63) is 86.8 Å². The first-order valence-corrected chi connectivity index (χ1v) is 9.82. The Hall–Kier alpha value is -3.60. The van der Waals surface area contributed by atoms with Crippen molar-refractivity contribution in [2.24, 2.45) is 0 Å². The van der Waals surface area contributed by atoms with Crippen molar-refractivity contribution in [3.63, 3.8) is 0 Å². The average molecular weight is 484 g/mol. The molecule has 2 aromatic heterocycles. The summed E-state index contributed by atoms with van der Waals surface area (Å²) in [5, 5.41) is 2.83. The number of pyridine rings is 2. The monoisotopic (exact) mass is 483 g/mol. The van der Waals surface area contributed by atoms with Crippen LogP contribution in [0.4, 0.5) is 17.6 Å². The van der Waals surface area contributed by atoms with Crippen molar-refractivity contribution in [1.82, 2.24) is 15.3 Å². The fourth-order valence-corrected chi connectivity index (χ4v) is 3.69. The molecule has 0 fully saturated rings. The summed E-state index contributed by atoms with van der Waals surface area (Å²) < 4.78 is 61.6. The second-order valence-corrected chi connectivity index (χ2v) is 7.46. The van der Waals surface area contributed by atoms with Crippen molar-refractivity contribution in [2.45, 2.75) is 18.3 Å². The van der Waals surface area contributed by atoms with E-state index in [2.05, 4.69) is 20.0 Å². The predicted molar refractivity (Wildman–Crippen MR) is 108 cm³/mol. The number of carbonyl (C=O) groups excluding carboxylic acids is 1. The first kappa shape index (κ1) is 22.6. The van der Waals surface area contributed by atoms with Gasteiger partial charge in [-0.25, -0.2) is 9.37 Å². The first-order valence-electron chi connectivity index (χ1n) is 9.44. The van der Waals surface area contributed by atoms with Gasteiger partial charge in [0.1, 0.15) is 22.1 Å². The van der Waals surface area contributed by atoms with E-state index in [1.54, 1.807) is 0 Å². The number of nitrogens with zero attached hydrogens (tertiary/aromatic N) is 1. The van der Waals surface area contributed by atoms with Gasteiger partial charge in [0.2, 0.25) is 5.56 Å². The van der Waals surface area contributed by atoms with Crippen LogP contribution in [0.3, 0.4) is 0 Å². The lowest BCUT2D eigenvalue weighted by atomic mass is 9.81. The highest BCUT2D eigenvalue weighted by Crippen LogP contribution is 2.42. The lowest BCUT2D eigenvalue weighted by molar-refractivity contribution is -0.275. The molecule has 0 aliphatic carbocycles. The Kier molecular flexibility index (Phi) is 5.75. The largest absolute Gasteiger partial charge is 0.573 e. The molecule has 3 aromatic rings. The van der Waals surface area contributed by atoms with Crippen LogP contribution in [0.5, 0.6) is 11.5 Å². The SMILES string of the molecule is O=C(NC1(c2ccc(OC(F)(F)F)c(F)c2)CCOc2ccc(Cl)nc21)c1ccc(=O)[nH]c1. The molecule has 0 saturated heterocycles. The van der Waals surface area contributed by atoms with Crippen LogP contribution in [0.15, 0.2) is 53.5 Å². The summed E-state index contributed by atoms with van der Waals surface area (Å²) in [6, 6.07) is 8.24. The summed E-state index contributed by atoms with van der Waals surface area (Å²) in [5.41, 5.74) is -1.62. The van der Waals surface area contributed by atoms with Gasteiger partial charge in [-0.2, -0.15) is 0 Å². The van der Waals surface area contributed by atoms with Gasteiger partial charge in [-0.3, -0.25) is 9.59 Å². The van der Waals surface area contributed by atoms with Gasteiger partial charge in [-0.1, -0.05) is 17.7 Å². The van der Waals surface area contributed by atoms with Crippen molar-refractivity contribution in [1.29, 1.82) is 0 Å². The number of hydrogen-bond donors (Lipinski definition) is 2. The van der Waals surface area contributed by atoms with Crippen molar-refractivity contribution < 1.29 is 31.8 Å². The average Bonchev–Trinajstić information content (AvgIpc) is 2.75. The van der Waals surface area contributed by atoms with E-state index in [-0.39, 0.29) is 40.8 Å². The summed E-state index contributed by atoms with van der Waals surface area (Å²) in [5.74, 6) is -2.72. The standard InChI is InChI=1S/C21H14ClF4N3O4/c22-16-5-4-15-18(28-16)20(7-8-32-15,29-19(31)11-1-6-17(30)27-10-11)12-2-3-14(13(23)9-12)33-21(24,25)26/h1-6,9-10H,7-8H2,(H,27,30)(H,29,31). The third kappa shape index (κ3) is 4.63. The number of rotatable bonds is 4. The number of hydrogen-bond acceptors (Lipinski definition) is 5. The van der Waals surface area contributed by atoms with E-state index >= 15 is 0 Å². The Morgan fingerprint density at radius 1 is 1.21 bits per heavy atom. The molecule has 0 bridgehead atoms. The Labute approximate surface area is 188 Å². The maximum atomic E-state index is 14.6. The molecule has 12 heteroatoms. The maximum absolute atomic E-state index is 14.6. The Bertz CT molecular complexity index is 1260. The van der Waals surface area contributed by atoms with E-state index in [9.17, 15) is 27.2 Å². The van der Waals surface area contributed by atoms with Crippen molar-refractivity contribution in [2.75, 3.05) is 6.61 Å². The number of amides is 1. The number of alkyl halides is 3. The van der Waals surface area contributed by atoms with Gasteiger partial charge in [0, 0.05) is 18.7 Å². The predicted octanol–water partition coefficient (Wildman–Crippen LogP) is 3.92. The number of benzene rings is 1. The van der Waals surface area contributed by atoms with E-state index < -0.39 is 34.9 Å². The van der Waals surface area contributed by atoms with E-state index in [1.807, 2.05) is 0 Å². The number of aromatic nitrogens is 2. The molecule has 1 amide bonds. The van der Waals surface area contributed by atoms with E-state index in [1.165, 1.54) is 30.5 Å². The number of aromatic amines is 1. The fraction of sp³-hybridized carbons (Fsp3) is 0.190. The molecule has 1 unspecified atom stereocenters. The Morgan fingerprint density at radius 2 is 2.00 bits per heavy atom. The summed E-state index contributed by atoms with van der Waals surface area (Å²) in [6.45, 7) is 0.0740. The topological polar surface area (TPSA) is 93.3 Å². The van der Waals surface area contributed by atoms with E-state index in [0.717, 1.165) is 18.2 Å². The summed E-state index contributed by atoms with van der Waals surface area (Å²) in [7, 11) is 0. The highest BCUT2D eigenvalue weighted by molar-refractivity contribution is 6.29. The van der Waals surface area contributed by atoms with Crippen molar-refractivity contribution in [3.8, 4) is 11.5 Å². The molecule has 0 saturated carbocycles. The van der Waals surface area contributed by atoms with Gasteiger partial charge >= 0.3 is 6.36 Å². The minimum Gasteiger partial charge on any atom is -0.491 e. The minimum absolute atomic E-state index is 0.0550. The van der Waals surface area contributed by atoms with Gasteiger partial charge in [0.15, 0.2) is 11.6 Å². The van der Waals surface area contributed by atoms with Gasteiger partial charge in [-0.05, 0) is 35.9 Å². The third-order valence-corrected chi connectivity index (χ3v) is 5.20. The molecule has 7 nitrogen and oxygen atoms in total. The second-order valence-electron chi connectivity index (χ2n) is 7.07. The molecule has 4 rings (SSSR count). The van der Waals surface area contributed by atoms with Crippen LogP contribution in [-0.2, 0) is 5.54 Å². The van der Waals surface area contributed by atoms with Gasteiger partial charge < -0.3 is 19.8 Å². The number of carbonyl (C=O) groups is 1. The zero-order chi connectivity index (χ0) is 23.8. The molecule has 3 heterocycles. The first-order chi connectivity index (χ1) is 15.6.